The van der Waals surface area contributed by atoms with Gasteiger partial charge in [-0.05, 0) is 36.8 Å². The van der Waals surface area contributed by atoms with Crippen LogP contribution in [0.4, 0.5) is 5.82 Å². The van der Waals surface area contributed by atoms with Gasteiger partial charge in [0, 0.05) is 12.6 Å². The van der Waals surface area contributed by atoms with Crippen LogP contribution in [0.2, 0.25) is 0 Å². The highest BCUT2D eigenvalue weighted by Gasteiger charge is 2.17. The Kier molecular flexibility index (Phi) is 2.51. The van der Waals surface area contributed by atoms with Gasteiger partial charge in [0.25, 0.3) is 0 Å². The number of hydrogen-bond donors (Lipinski definition) is 1. The van der Waals surface area contributed by atoms with Crippen LogP contribution in [-0.4, -0.2) is 24.0 Å². The van der Waals surface area contributed by atoms with Crippen molar-refractivity contribution >= 4 is 5.82 Å². The number of fused-ring (bicyclic) bond motifs is 1. The molecule has 0 radical (unpaired) electrons. The van der Waals surface area contributed by atoms with Gasteiger partial charge < -0.3 is 14.8 Å². The van der Waals surface area contributed by atoms with Gasteiger partial charge in [-0.15, -0.1) is 10.2 Å². The fourth-order valence-corrected chi connectivity index (χ4v) is 1.93. The van der Waals surface area contributed by atoms with E-state index in [9.17, 15) is 0 Å². The van der Waals surface area contributed by atoms with Gasteiger partial charge in [-0.1, -0.05) is 0 Å². The smallest absolute Gasteiger partial charge is 0.231 e. The first kappa shape index (κ1) is 10.8. The molecule has 5 heteroatoms. The van der Waals surface area contributed by atoms with Gasteiger partial charge in [0.2, 0.25) is 6.79 Å². The van der Waals surface area contributed by atoms with Gasteiger partial charge in [0.1, 0.15) is 5.82 Å². The number of aryl methyl sites for hydroxylation is 1. The van der Waals surface area contributed by atoms with Gasteiger partial charge in [0.15, 0.2) is 11.5 Å². The molecule has 0 atom stereocenters. The second-order valence-corrected chi connectivity index (χ2v) is 4.07. The molecule has 1 aliphatic heterocycles. The third-order valence-electron chi connectivity index (χ3n) is 2.92. The fraction of sp³-hybridized carbons (Fsp3) is 0.231. The normalized spacial score (nSPS) is 12.6. The predicted octanol–water partition coefficient (Wildman–Crippen LogP) is 2.22. The maximum Gasteiger partial charge on any atom is 0.231 e. The van der Waals surface area contributed by atoms with Crippen molar-refractivity contribution in [2.75, 3.05) is 19.2 Å². The molecule has 5 nitrogen and oxygen atoms in total. The average molecular weight is 243 g/mol. The summed E-state index contributed by atoms with van der Waals surface area (Å²) in [5, 5.41) is 11.2. The van der Waals surface area contributed by atoms with E-state index in [1.54, 1.807) is 0 Å². The molecule has 0 bridgehead atoms. The average Bonchev–Trinajstić information content (AvgIpc) is 2.85. The van der Waals surface area contributed by atoms with Gasteiger partial charge in [-0.2, -0.15) is 0 Å². The standard InChI is InChI=1S/C13H13N3O2/c1-8-5-11-12(18-7-17-11)6-9(8)10-3-4-13(14-2)16-15-10/h3-6H,7H2,1-2H3,(H,14,16). The molecule has 18 heavy (non-hydrogen) atoms. The highest BCUT2D eigenvalue weighted by molar-refractivity contribution is 5.68. The van der Waals surface area contributed by atoms with Crippen LogP contribution in [0.3, 0.4) is 0 Å². The highest BCUT2D eigenvalue weighted by Crippen LogP contribution is 2.37. The SMILES string of the molecule is CNc1ccc(-c2cc3c(cc2C)OCO3)nn1. The van der Waals surface area contributed by atoms with Crippen LogP contribution in [0.5, 0.6) is 11.5 Å². The molecule has 92 valence electrons. The number of nitrogens with zero attached hydrogens (tertiary/aromatic N) is 2. The van der Waals surface area contributed by atoms with Crippen LogP contribution in [0, 0.1) is 6.92 Å². The zero-order valence-electron chi connectivity index (χ0n) is 10.2. The number of ether oxygens (including phenoxy) is 2. The quantitative estimate of drug-likeness (QED) is 0.876. The minimum Gasteiger partial charge on any atom is -0.454 e. The summed E-state index contributed by atoms with van der Waals surface area (Å²) < 4.78 is 10.7. The van der Waals surface area contributed by atoms with Crippen molar-refractivity contribution in [3.8, 4) is 22.8 Å². The summed E-state index contributed by atoms with van der Waals surface area (Å²) in [4.78, 5) is 0. The third-order valence-corrected chi connectivity index (χ3v) is 2.92. The number of benzene rings is 1. The number of nitrogens with one attached hydrogen (secondary N) is 1. The second-order valence-electron chi connectivity index (χ2n) is 4.07. The van der Waals surface area contributed by atoms with E-state index in [1.807, 2.05) is 38.2 Å². The lowest BCUT2D eigenvalue weighted by atomic mass is 10.0. The third kappa shape index (κ3) is 1.73. The van der Waals surface area contributed by atoms with Crippen molar-refractivity contribution < 1.29 is 9.47 Å². The molecule has 2 aromatic rings. The minimum absolute atomic E-state index is 0.280. The van der Waals surface area contributed by atoms with E-state index >= 15 is 0 Å². The largest absolute Gasteiger partial charge is 0.454 e. The van der Waals surface area contributed by atoms with E-state index in [0.717, 1.165) is 34.1 Å². The number of anilines is 1. The van der Waals surface area contributed by atoms with Gasteiger partial charge in [-0.3, -0.25) is 0 Å². The van der Waals surface area contributed by atoms with Crippen molar-refractivity contribution in [3.05, 3.63) is 29.8 Å². The Bertz CT molecular complexity index is 582. The Morgan fingerprint density at radius 3 is 2.56 bits per heavy atom. The second kappa shape index (κ2) is 4.18. The molecule has 0 saturated heterocycles. The summed E-state index contributed by atoms with van der Waals surface area (Å²) in [7, 11) is 1.81. The fourth-order valence-electron chi connectivity index (χ4n) is 1.93. The number of aromatic nitrogens is 2. The first-order chi connectivity index (χ1) is 8.78. The highest BCUT2D eigenvalue weighted by atomic mass is 16.7. The Hall–Kier alpha value is -2.30. The Balaban J connectivity index is 2.05. The summed E-state index contributed by atoms with van der Waals surface area (Å²) in [6.45, 7) is 2.30. The molecule has 2 heterocycles. The first-order valence-electron chi connectivity index (χ1n) is 5.70. The zero-order valence-corrected chi connectivity index (χ0v) is 10.2. The molecule has 1 N–H and O–H groups in total. The minimum atomic E-state index is 0.280. The van der Waals surface area contributed by atoms with Crippen LogP contribution in [0.1, 0.15) is 5.56 Å². The molecule has 3 rings (SSSR count). The summed E-state index contributed by atoms with van der Waals surface area (Å²) >= 11 is 0. The monoisotopic (exact) mass is 243 g/mol. The first-order valence-corrected chi connectivity index (χ1v) is 5.70. The lowest BCUT2D eigenvalue weighted by molar-refractivity contribution is 0.174. The van der Waals surface area contributed by atoms with E-state index in [0.29, 0.717) is 0 Å². The van der Waals surface area contributed by atoms with Crippen molar-refractivity contribution in [2.24, 2.45) is 0 Å². The van der Waals surface area contributed by atoms with Crippen molar-refractivity contribution in [1.29, 1.82) is 0 Å². The summed E-state index contributed by atoms with van der Waals surface area (Å²) in [6.07, 6.45) is 0. The molecular weight excluding hydrogens is 230 g/mol. The summed E-state index contributed by atoms with van der Waals surface area (Å²) in [6, 6.07) is 7.74. The van der Waals surface area contributed by atoms with Gasteiger partial charge in [0.05, 0.1) is 5.69 Å². The predicted molar refractivity (Wildman–Crippen MR) is 67.9 cm³/mol. The molecule has 0 spiro atoms. The maximum absolute atomic E-state index is 5.38. The van der Waals surface area contributed by atoms with Crippen LogP contribution in [0.15, 0.2) is 24.3 Å². The number of rotatable bonds is 2. The maximum atomic E-state index is 5.38. The Labute approximate surface area is 105 Å². The van der Waals surface area contributed by atoms with E-state index in [4.69, 9.17) is 9.47 Å². The van der Waals surface area contributed by atoms with Crippen molar-refractivity contribution in [2.45, 2.75) is 6.92 Å². The molecule has 1 aromatic heterocycles. The summed E-state index contributed by atoms with van der Waals surface area (Å²) in [5.74, 6) is 2.29. The van der Waals surface area contributed by atoms with Crippen LogP contribution < -0.4 is 14.8 Å². The lowest BCUT2D eigenvalue weighted by Crippen LogP contribution is -1.96. The van der Waals surface area contributed by atoms with E-state index in [2.05, 4.69) is 15.5 Å². The molecule has 0 saturated carbocycles. The van der Waals surface area contributed by atoms with Gasteiger partial charge >= 0.3 is 0 Å². The molecule has 0 fully saturated rings. The van der Waals surface area contributed by atoms with Crippen LogP contribution in [-0.2, 0) is 0 Å². The summed E-state index contributed by atoms with van der Waals surface area (Å²) in [5.41, 5.74) is 2.92. The Morgan fingerprint density at radius 1 is 1.11 bits per heavy atom. The lowest BCUT2D eigenvalue weighted by Gasteiger charge is -2.07. The molecule has 0 aliphatic carbocycles. The van der Waals surface area contributed by atoms with Gasteiger partial charge in [-0.25, -0.2) is 0 Å². The molecule has 0 amide bonds. The van der Waals surface area contributed by atoms with Crippen molar-refractivity contribution in [3.63, 3.8) is 0 Å². The van der Waals surface area contributed by atoms with E-state index in [-0.39, 0.29) is 6.79 Å². The van der Waals surface area contributed by atoms with E-state index in [1.165, 1.54) is 0 Å². The van der Waals surface area contributed by atoms with E-state index < -0.39 is 0 Å². The Morgan fingerprint density at radius 2 is 1.89 bits per heavy atom. The van der Waals surface area contributed by atoms with Crippen LogP contribution >= 0.6 is 0 Å². The number of hydrogen-bond acceptors (Lipinski definition) is 5. The topological polar surface area (TPSA) is 56.3 Å². The molecule has 1 aliphatic rings. The van der Waals surface area contributed by atoms with Crippen molar-refractivity contribution in [1.82, 2.24) is 10.2 Å². The molecule has 1 aromatic carbocycles. The molecule has 0 unspecified atom stereocenters. The van der Waals surface area contributed by atoms with Crippen LogP contribution in [0.25, 0.3) is 11.3 Å². The zero-order chi connectivity index (χ0) is 12.5. The molecular formula is C13H13N3O2.